The van der Waals surface area contributed by atoms with Crippen molar-refractivity contribution in [3.05, 3.63) is 82.4 Å². The first kappa shape index (κ1) is 39.3. The van der Waals surface area contributed by atoms with Gasteiger partial charge in [0.2, 0.25) is 17.7 Å². The van der Waals surface area contributed by atoms with E-state index in [1.165, 1.54) is 5.56 Å². The number of benzene rings is 2. The molecule has 14 nitrogen and oxygen atoms in total. The summed E-state index contributed by atoms with van der Waals surface area (Å²) in [7, 11) is 0. The third-order valence-electron chi connectivity index (χ3n) is 11.6. The van der Waals surface area contributed by atoms with Crippen LogP contribution in [0, 0.1) is 0 Å². The number of halogens is 3. The second-order valence-electron chi connectivity index (χ2n) is 15.3. The number of piperidine rings is 2. The van der Waals surface area contributed by atoms with Crippen molar-refractivity contribution < 1.29 is 41.8 Å². The highest BCUT2D eigenvalue weighted by Gasteiger charge is 2.41. The number of nitrogens with zero attached hydrogens (tertiary/aromatic N) is 7. The number of nitrogens with one attached hydrogen (secondary N) is 1. The molecule has 0 spiro atoms. The molecule has 5 aliphatic rings. The van der Waals surface area contributed by atoms with Gasteiger partial charge in [0.25, 0.3) is 11.7 Å². The van der Waals surface area contributed by atoms with Crippen LogP contribution in [-0.2, 0) is 38.3 Å². The van der Waals surface area contributed by atoms with Gasteiger partial charge in [0, 0.05) is 64.2 Å². The molecule has 1 atom stereocenters. The summed E-state index contributed by atoms with van der Waals surface area (Å²) >= 11 is 0. The fourth-order valence-corrected chi connectivity index (χ4v) is 8.35. The van der Waals surface area contributed by atoms with Crippen LogP contribution in [0.15, 0.2) is 53.6 Å². The van der Waals surface area contributed by atoms with Crippen LogP contribution >= 0.6 is 0 Å². The molecule has 0 radical (unpaired) electrons. The van der Waals surface area contributed by atoms with Crippen molar-refractivity contribution in [2.24, 2.45) is 5.10 Å². The topological polar surface area (TPSA) is 152 Å². The van der Waals surface area contributed by atoms with E-state index in [0.717, 1.165) is 52.8 Å². The maximum Gasteiger partial charge on any atom is 0.453 e. The van der Waals surface area contributed by atoms with Crippen LogP contribution in [0.3, 0.4) is 0 Å². The maximum absolute atomic E-state index is 13.3. The van der Waals surface area contributed by atoms with Gasteiger partial charge in [0.1, 0.15) is 24.2 Å². The normalized spacial score (nSPS) is 20.1. The number of fused-ring (bicyclic) bond motifs is 2. The third-order valence-corrected chi connectivity index (χ3v) is 11.6. The second-order valence-corrected chi connectivity index (χ2v) is 15.3. The standard InChI is InChI=1S/C41H45F3N8O6/c42-41(43,44)40-47-46-34-10-11-35(48-52(34)40)49-17-13-27(14-18-49)26-3-6-31(7-4-26)58-22-2-1-21-57-25-37(54)50-19-15-28(16-20-50)29-5-8-32-30(23-29)24-51(39(32)56)33-9-12-36(53)45-38(33)55/h3-8,15,23,27,33H,1-2,9-14,16-22,24-25H2,(H,45,53,55). The van der Waals surface area contributed by atoms with Crippen LogP contribution < -0.4 is 10.1 Å². The predicted octanol–water partition coefficient (Wildman–Crippen LogP) is 4.54. The largest absolute Gasteiger partial charge is 0.494 e. The third kappa shape index (κ3) is 8.49. The zero-order chi connectivity index (χ0) is 40.4. The molecule has 0 saturated carbocycles. The lowest BCUT2D eigenvalue weighted by atomic mass is 9.89. The molecule has 4 amide bonds. The van der Waals surface area contributed by atoms with E-state index in [-0.39, 0.29) is 36.6 Å². The van der Waals surface area contributed by atoms with Crippen LogP contribution in [0.2, 0.25) is 0 Å². The molecule has 6 heterocycles. The van der Waals surface area contributed by atoms with Crippen LogP contribution in [0.1, 0.15) is 96.0 Å². The molecule has 1 unspecified atom stereocenters. The minimum Gasteiger partial charge on any atom is -0.494 e. The number of alkyl halides is 3. The summed E-state index contributed by atoms with van der Waals surface area (Å²) in [6, 6.07) is 13.1. The number of amides is 4. The van der Waals surface area contributed by atoms with Gasteiger partial charge in [-0.25, -0.2) is 0 Å². The van der Waals surface area contributed by atoms with Crippen molar-refractivity contribution >= 4 is 35.0 Å². The molecule has 1 aromatic heterocycles. The molecule has 2 saturated heterocycles. The lowest BCUT2D eigenvalue weighted by Gasteiger charge is -2.35. The number of aryl methyl sites for hydroxylation is 1. The first-order valence-electron chi connectivity index (χ1n) is 19.9. The molecule has 58 heavy (non-hydrogen) atoms. The van der Waals surface area contributed by atoms with E-state index in [2.05, 4.69) is 37.6 Å². The average molecular weight is 803 g/mol. The number of hydrogen-bond donors (Lipinski definition) is 1. The van der Waals surface area contributed by atoms with E-state index in [1.54, 1.807) is 15.9 Å². The lowest BCUT2D eigenvalue weighted by molar-refractivity contribution is -0.147. The number of amidine groups is 1. The Morgan fingerprint density at radius 1 is 0.897 bits per heavy atom. The monoisotopic (exact) mass is 802 g/mol. The van der Waals surface area contributed by atoms with Crippen molar-refractivity contribution in [1.82, 2.24) is 34.9 Å². The molecule has 0 bridgehead atoms. The van der Waals surface area contributed by atoms with Crippen LogP contribution in [0.4, 0.5) is 13.2 Å². The molecule has 17 heteroatoms. The summed E-state index contributed by atoms with van der Waals surface area (Å²) in [6.07, 6.45) is 2.81. The van der Waals surface area contributed by atoms with Gasteiger partial charge in [-0.05, 0) is 91.0 Å². The van der Waals surface area contributed by atoms with Crippen molar-refractivity contribution in [2.75, 3.05) is 46.0 Å². The van der Waals surface area contributed by atoms with E-state index < -0.39 is 23.9 Å². The summed E-state index contributed by atoms with van der Waals surface area (Å²) in [4.78, 5) is 55.2. The number of rotatable bonds is 11. The average Bonchev–Trinajstić information content (AvgIpc) is 3.81. The van der Waals surface area contributed by atoms with Gasteiger partial charge in [-0.3, -0.25) is 24.5 Å². The van der Waals surface area contributed by atoms with E-state index >= 15 is 0 Å². The van der Waals surface area contributed by atoms with Crippen molar-refractivity contribution in [3.8, 4) is 5.75 Å². The van der Waals surface area contributed by atoms with Gasteiger partial charge >= 0.3 is 6.18 Å². The SMILES string of the molecule is O=C1CCC(N2Cc3cc(C4=CCN(C(=O)COCCCCOc5ccc(C6CCN(C7=Nn8c(nnc8C(F)(F)F)CC7)CC6)cc5)CC4)ccc3C2=O)C(=O)N1. The summed E-state index contributed by atoms with van der Waals surface area (Å²) in [5.41, 5.74) is 4.73. The number of likely N-dealkylation sites (tertiary alicyclic amines) is 1. The molecular weight excluding hydrogens is 757 g/mol. The zero-order valence-corrected chi connectivity index (χ0v) is 32.0. The van der Waals surface area contributed by atoms with E-state index in [4.69, 9.17) is 9.47 Å². The molecular formula is C41H45F3N8O6. The Balaban J connectivity index is 0.709. The summed E-state index contributed by atoms with van der Waals surface area (Å²) < 4.78 is 52.5. The van der Waals surface area contributed by atoms with E-state index in [1.807, 2.05) is 30.3 Å². The van der Waals surface area contributed by atoms with Gasteiger partial charge < -0.3 is 24.2 Å². The molecule has 8 rings (SSSR count). The molecule has 2 fully saturated rings. The van der Waals surface area contributed by atoms with Crippen molar-refractivity contribution in [2.45, 2.75) is 82.5 Å². The van der Waals surface area contributed by atoms with Gasteiger partial charge in [-0.15, -0.1) is 10.2 Å². The Hall–Kier alpha value is -5.58. The molecule has 306 valence electrons. The predicted molar refractivity (Wildman–Crippen MR) is 203 cm³/mol. The first-order valence-corrected chi connectivity index (χ1v) is 19.9. The lowest BCUT2D eigenvalue weighted by Crippen LogP contribution is -2.52. The second kappa shape index (κ2) is 16.7. The minimum atomic E-state index is -4.61. The fourth-order valence-electron chi connectivity index (χ4n) is 8.35. The number of ether oxygens (including phenoxy) is 2. The van der Waals surface area contributed by atoms with Crippen LogP contribution in [-0.4, -0.2) is 111 Å². The molecule has 5 aliphatic heterocycles. The van der Waals surface area contributed by atoms with E-state index in [0.29, 0.717) is 88.9 Å². The van der Waals surface area contributed by atoms with Gasteiger partial charge in [0.05, 0.1) is 6.61 Å². The minimum absolute atomic E-state index is 0.0116. The Labute approximate surface area is 333 Å². The Morgan fingerprint density at radius 2 is 1.69 bits per heavy atom. The Morgan fingerprint density at radius 3 is 2.43 bits per heavy atom. The number of imide groups is 1. The first-order chi connectivity index (χ1) is 28.0. The van der Waals surface area contributed by atoms with Gasteiger partial charge in [-0.1, -0.05) is 24.3 Å². The highest BCUT2D eigenvalue weighted by molar-refractivity contribution is 6.05. The van der Waals surface area contributed by atoms with Crippen molar-refractivity contribution in [1.29, 1.82) is 0 Å². The number of unbranched alkanes of at least 4 members (excludes halogenated alkanes) is 1. The number of aromatic nitrogens is 3. The highest BCUT2D eigenvalue weighted by Crippen LogP contribution is 2.34. The van der Waals surface area contributed by atoms with Gasteiger partial charge in [0.15, 0.2) is 5.82 Å². The number of hydrogen-bond acceptors (Lipinski definition) is 10. The molecule has 2 aromatic carbocycles. The highest BCUT2D eigenvalue weighted by atomic mass is 19.4. The van der Waals surface area contributed by atoms with Crippen LogP contribution in [0.5, 0.6) is 5.75 Å². The molecule has 1 N–H and O–H groups in total. The summed E-state index contributed by atoms with van der Waals surface area (Å²) in [5.74, 6) is -0.0958. The van der Waals surface area contributed by atoms with Crippen LogP contribution in [0.25, 0.3) is 5.57 Å². The number of carbonyl (C=O) groups excluding carboxylic acids is 4. The van der Waals surface area contributed by atoms with Gasteiger partial charge in [-0.2, -0.15) is 22.9 Å². The zero-order valence-electron chi connectivity index (χ0n) is 32.0. The summed E-state index contributed by atoms with van der Waals surface area (Å²) in [5, 5.41) is 13.6. The number of carbonyl (C=O) groups is 4. The Bertz CT molecular complexity index is 2130. The fraction of sp³-hybridized carbons (Fsp3) is 0.488. The van der Waals surface area contributed by atoms with E-state index in [9.17, 15) is 32.3 Å². The maximum atomic E-state index is 13.3. The molecule has 0 aliphatic carbocycles. The van der Waals surface area contributed by atoms with Crippen molar-refractivity contribution in [3.63, 3.8) is 0 Å². The quantitative estimate of drug-likeness (QED) is 0.218. The smallest absolute Gasteiger partial charge is 0.453 e. The molecule has 3 aromatic rings. The Kier molecular flexibility index (Phi) is 11.3. The summed E-state index contributed by atoms with van der Waals surface area (Å²) in [6.45, 7) is 3.75.